The number of ether oxygens (including phenoxy) is 1. The summed E-state index contributed by atoms with van der Waals surface area (Å²) in [5, 5.41) is 8.85. The van der Waals surface area contributed by atoms with Gasteiger partial charge in [-0.25, -0.2) is 5.01 Å². The molecular formula is C27H30ClN5O3S. The fraction of sp³-hybridized carbons (Fsp3) is 0.370. The van der Waals surface area contributed by atoms with E-state index in [0.717, 1.165) is 30.1 Å². The molecule has 2 amide bonds. The van der Waals surface area contributed by atoms with Crippen molar-refractivity contribution in [3.8, 4) is 0 Å². The molecule has 0 unspecified atom stereocenters. The second-order valence-electron chi connectivity index (χ2n) is 9.22. The number of hydrogen-bond acceptors (Lipinski definition) is 6. The summed E-state index contributed by atoms with van der Waals surface area (Å²) in [6.07, 6.45) is 2.55. The predicted molar refractivity (Wildman–Crippen MR) is 145 cm³/mol. The molecule has 37 heavy (non-hydrogen) atoms. The molecule has 0 N–H and O–H groups in total. The van der Waals surface area contributed by atoms with Gasteiger partial charge in [0.25, 0.3) is 11.8 Å². The number of nitrogens with zero attached hydrogens (tertiary/aromatic N) is 5. The third-order valence-corrected chi connectivity index (χ3v) is 7.91. The predicted octanol–water partition coefficient (Wildman–Crippen LogP) is 3.89. The zero-order chi connectivity index (χ0) is 25.8. The zero-order valence-electron chi connectivity index (χ0n) is 20.8. The number of morpholine rings is 1. The number of amides is 2. The summed E-state index contributed by atoms with van der Waals surface area (Å²) in [5.74, 6) is -0.346. The molecule has 2 aliphatic heterocycles. The van der Waals surface area contributed by atoms with Crippen molar-refractivity contribution in [2.75, 3.05) is 45.9 Å². The summed E-state index contributed by atoms with van der Waals surface area (Å²) >= 11 is 7.52. The SMILES string of the molecule is Cn1cccc1C1=NN(C(=O)CN(CCN2CCOCC2)C(=O)c2cccs2)[C@H](c2ccc(Cl)cc2)C1. The van der Waals surface area contributed by atoms with Gasteiger partial charge in [-0.15, -0.1) is 11.3 Å². The van der Waals surface area contributed by atoms with Crippen LogP contribution in [0, 0.1) is 0 Å². The molecule has 4 heterocycles. The van der Waals surface area contributed by atoms with Crippen molar-refractivity contribution >= 4 is 40.5 Å². The van der Waals surface area contributed by atoms with Gasteiger partial charge in [-0.1, -0.05) is 29.8 Å². The largest absolute Gasteiger partial charge is 0.379 e. The van der Waals surface area contributed by atoms with Crippen molar-refractivity contribution in [3.63, 3.8) is 0 Å². The number of benzene rings is 1. The number of hydrogen-bond donors (Lipinski definition) is 0. The maximum absolute atomic E-state index is 13.8. The number of aromatic nitrogens is 1. The van der Waals surface area contributed by atoms with Crippen molar-refractivity contribution in [2.45, 2.75) is 12.5 Å². The monoisotopic (exact) mass is 539 g/mol. The van der Waals surface area contributed by atoms with Gasteiger partial charge < -0.3 is 14.2 Å². The van der Waals surface area contributed by atoms with Crippen molar-refractivity contribution in [1.29, 1.82) is 0 Å². The van der Waals surface area contributed by atoms with Gasteiger partial charge in [-0.3, -0.25) is 14.5 Å². The lowest BCUT2D eigenvalue weighted by atomic mass is 10.0. The van der Waals surface area contributed by atoms with E-state index in [4.69, 9.17) is 21.4 Å². The van der Waals surface area contributed by atoms with Crippen LogP contribution in [-0.4, -0.2) is 82.8 Å². The topological polar surface area (TPSA) is 70.4 Å². The van der Waals surface area contributed by atoms with E-state index in [-0.39, 0.29) is 24.4 Å². The summed E-state index contributed by atoms with van der Waals surface area (Å²) in [5.41, 5.74) is 2.76. The Morgan fingerprint density at radius 2 is 1.92 bits per heavy atom. The number of hydrazone groups is 1. The molecule has 5 rings (SSSR count). The average Bonchev–Trinajstić information content (AvgIpc) is 3.68. The molecule has 1 aromatic carbocycles. The normalized spacial score (nSPS) is 18.2. The molecule has 2 aromatic heterocycles. The molecule has 0 spiro atoms. The summed E-state index contributed by atoms with van der Waals surface area (Å²) < 4.78 is 7.45. The third-order valence-electron chi connectivity index (χ3n) is 6.80. The van der Waals surface area contributed by atoms with Gasteiger partial charge in [0.1, 0.15) is 6.54 Å². The molecule has 10 heteroatoms. The van der Waals surface area contributed by atoms with Crippen molar-refractivity contribution in [3.05, 3.63) is 81.3 Å². The number of aryl methyl sites for hydroxylation is 1. The standard InChI is InChI=1S/C27H30ClN5O3S/c1-30-10-2-4-23(30)22-18-24(20-6-8-21(28)9-7-20)33(29-22)26(34)19-32(27(35)25-5-3-17-37-25)12-11-31-13-15-36-16-14-31/h2-10,17,24H,11-16,18-19H2,1H3/t24-/m0/s1. The van der Waals surface area contributed by atoms with E-state index in [0.29, 0.717) is 42.6 Å². The summed E-state index contributed by atoms with van der Waals surface area (Å²) in [4.78, 5) is 31.7. The van der Waals surface area contributed by atoms with Crippen LogP contribution in [0.25, 0.3) is 0 Å². The molecule has 194 valence electrons. The fourth-order valence-corrected chi connectivity index (χ4v) is 5.55. The van der Waals surface area contributed by atoms with Crippen molar-refractivity contribution < 1.29 is 14.3 Å². The Morgan fingerprint density at radius 1 is 1.14 bits per heavy atom. The van der Waals surface area contributed by atoms with Crippen molar-refractivity contribution in [2.24, 2.45) is 12.1 Å². The molecule has 1 saturated heterocycles. The van der Waals surface area contributed by atoms with Crippen molar-refractivity contribution in [1.82, 2.24) is 19.4 Å². The number of rotatable bonds is 8. The highest BCUT2D eigenvalue weighted by Gasteiger charge is 2.35. The number of thiophene rings is 1. The van der Waals surface area contributed by atoms with Gasteiger partial charge in [0, 0.05) is 50.9 Å². The van der Waals surface area contributed by atoms with Gasteiger partial charge in [0.05, 0.1) is 35.5 Å². The van der Waals surface area contributed by atoms with E-state index < -0.39 is 0 Å². The average molecular weight is 540 g/mol. The van der Waals surface area contributed by atoms with Crippen LogP contribution in [0.5, 0.6) is 0 Å². The van der Waals surface area contributed by atoms with Crippen LogP contribution in [-0.2, 0) is 16.6 Å². The Bertz CT molecular complexity index is 1250. The van der Waals surface area contributed by atoms with Gasteiger partial charge in [0.15, 0.2) is 0 Å². The summed E-state index contributed by atoms with van der Waals surface area (Å²) in [6.45, 7) is 4.11. The maximum atomic E-state index is 13.8. The minimum atomic E-state index is -0.271. The van der Waals surface area contributed by atoms with Gasteiger partial charge in [0.2, 0.25) is 0 Å². The summed E-state index contributed by atoms with van der Waals surface area (Å²) in [7, 11) is 1.96. The number of carbonyl (C=O) groups is 2. The first-order valence-corrected chi connectivity index (χ1v) is 13.6. The number of halogens is 1. The van der Waals surface area contributed by atoms with Crippen LogP contribution in [0.4, 0.5) is 0 Å². The molecule has 1 fully saturated rings. The molecule has 1 atom stereocenters. The van der Waals surface area contributed by atoms with Gasteiger partial charge in [-0.05, 0) is 41.3 Å². The van der Waals surface area contributed by atoms with E-state index in [2.05, 4.69) is 4.90 Å². The Kier molecular flexibility index (Phi) is 8.05. The van der Waals surface area contributed by atoms with Gasteiger partial charge >= 0.3 is 0 Å². The van der Waals surface area contributed by atoms with Crippen LogP contribution in [0.15, 0.2) is 65.2 Å². The molecule has 0 aliphatic carbocycles. The van der Waals surface area contributed by atoms with Gasteiger partial charge in [-0.2, -0.15) is 5.10 Å². The highest BCUT2D eigenvalue weighted by molar-refractivity contribution is 7.12. The smallest absolute Gasteiger partial charge is 0.264 e. The highest BCUT2D eigenvalue weighted by Crippen LogP contribution is 2.33. The quantitative estimate of drug-likeness (QED) is 0.435. The first-order chi connectivity index (χ1) is 18.0. The fourth-order valence-electron chi connectivity index (χ4n) is 4.73. The molecule has 0 radical (unpaired) electrons. The molecule has 3 aromatic rings. The lowest BCUT2D eigenvalue weighted by Crippen LogP contribution is -2.46. The van der Waals surface area contributed by atoms with Crippen LogP contribution in [0.2, 0.25) is 5.02 Å². The van der Waals surface area contributed by atoms with Crippen LogP contribution in [0.3, 0.4) is 0 Å². The van der Waals surface area contributed by atoms with E-state index in [1.54, 1.807) is 16.0 Å². The third kappa shape index (κ3) is 5.96. The first-order valence-electron chi connectivity index (χ1n) is 12.4. The Hall–Kier alpha value is -2.98. The maximum Gasteiger partial charge on any atom is 0.264 e. The highest BCUT2D eigenvalue weighted by atomic mass is 35.5. The molecule has 2 aliphatic rings. The number of carbonyl (C=O) groups excluding carboxylic acids is 2. The van der Waals surface area contributed by atoms with Crippen LogP contribution < -0.4 is 0 Å². The zero-order valence-corrected chi connectivity index (χ0v) is 22.3. The Morgan fingerprint density at radius 3 is 2.59 bits per heavy atom. The van der Waals surface area contributed by atoms with E-state index in [9.17, 15) is 9.59 Å². The van der Waals surface area contributed by atoms with E-state index in [1.807, 2.05) is 65.7 Å². The minimum Gasteiger partial charge on any atom is -0.379 e. The van der Waals surface area contributed by atoms with Crippen LogP contribution in [0.1, 0.15) is 33.4 Å². The Labute approximate surface area is 225 Å². The lowest BCUT2D eigenvalue weighted by molar-refractivity contribution is -0.133. The van der Waals surface area contributed by atoms with E-state index in [1.165, 1.54) is 11.3 Å². The molecule has 0 bridgehead atoms. The lowest BCUT2D eigenvalue weighted by Gasteiger charge is -2.31. The molecule has 8 nitrogen and oxygen atoms in total. The summed E-state index contributed by atoms with van der Waals surface area (Å²) in [6, 6.07) is 14.9. The molecule has 0 saturated carbocycles. The molecular weight excluding hydrogens is 510 g/mol. The Balaban J connectivity index is 1.39. The second-order valence-corrected chi connectivity index (χ2v) is 10.6. The second kappa shape index (κ2) is 11.6. The van der Waals surface area contributed by atoms with Crippen LogP contribution >= 0.6 is 22.9 Å². The van der Waals surface area contributed by atoms with E-state index >= 15 is 0 Å². The first kappa shape index (κ1) is 25.7. The minimum absolute atomic E-state index is 0.0465.